The Hall–Kier alpha value is -1.71. The number of ether oxygens (including phenoxy) is 3. The Bertz CT molecular complexity index is 504. The van der Waals surface area contributed by atoms with Crippen LogP contribution in [-0.4, -0.2) is 24.1 Å². The van der Waals surface area contributed by atoms with Gasteiger partial charge in [0.25, 0.3) is 0 Å². The summed E-state index contributed by atoms with van der Waals surface area (Å²) in [5.41, 5.74) is 0.544. The number of carbonyl (C=O) groups is 1. The number of Topliss-reactive ketones (excluding diaryl/α,β-unsaturated/α-hetero) is 1. The largest absolute Gasteiger partial charge is 0.487 e. The van der Waals surface area contributed by atoms with Gasteiger partial charge in [-0.15, -0.1) is 0 Å². The minimum atomic E-state index is -0.0628. The second-order valence-electron chi connectivity index (χ2n) is 6.05. The Labute approximate surface area is 133 Å². The minimum Gasteiger partial charge on any atom is -0.487 e. The summed E-state index contributed by atoms with van der Waals surface area (Å²) in [6.07, 6.45) is 0.317. The molecule has 124 valence electrons. The Kier molecular flexibility index (Phi) is 6.72. The molecular formula is C18H28O4. The summed E-state index contributed by atoms with van der Waals surface area (Å²) in [4.78, 5) is 12.2. The van der Waals surface area contributed by atoms with Crippen molar-refractivity contribution in [3.63, 3.8) is 0 Å². The first-order valence-electron chi connectivity index (χ1n) is 7.96. The van der Waals surface area contributed by atoms with Crippen molar-refractivity contribution < 1.29 is 19.0 Å². The first-order chi connectivity index (χ1) is 10.3. The average Bonchev–Trinajstić information content (AvgIpc) is 2.40. The van der Waals surface area contributed by atoms with E-state index in [1.807, 2.05) is 48.5 Å². The van der Waals surface area contributed by atoms with Crippen molar-refractivity contribution in [2.75, 3.05) is 0 Å². The van der Waals surface area contributed by atoms with Crippen molar-refractivity contribution in [2.24, 2.45) is 0 Å². The second-order valence-corrected chi connectivity index (χ2v) is 6.05. The minimum absolute atomic E-state index is 0.00846. The van der Waals surface area contributed by atoms with Crippen molar-refractivity contribution in [3.05, 3.63) is 17.7 Å². The van der Waals surface area contributed by atoms with Crippen LogP contribution in [0.3, 0.4) is 0 Å². The molecule has 22 heavy (non-hydrogen) atoms. The fraction of sp³-hybridized carbons (Fsp3) is 0.611. The molecule has 0 aliphatic carbocycles. The zero-order valence-corrected chi connectivity index (χ0v) is 14.7. The summed E-state index contributed by atoms with van der Waals surface area (Å²) >= 11 is 0. The van der Waals surface area contributed by atoms with Gasteiger partial charge in [0.2, 0.25) is 5.75 Å². The van der Waals surface area contributed by atoms with E-state index in [0.717, 1.165) is 0 Å². The maximum absolute atomic E-state index is 12.2. The summed E-state index contributed by atoms with van der Waals surface area (Å²) in [6.45, 7) is 13.5. The fourth-order valence-corrected chi connectivity index (χ4v) is 2.00. The highest BCUT2D eigenvalue weighted by molar-refractivity contribution is 5.99. The van der Waals surface area contributed by atoms with E-state index in [-0.39, 0.29) is 24.1 Å². The Morgan fingerprint density at radius 3 is 1.82 bits per heavy atom. The topological polar surface area (TPSA) is 44.8 Å². The number of hydrogen-bond donors (Lipinski definition) is 0. The molecule has 0 atom stereocenters. The molecule has 0 aliphatic heterocycles. The normalized spacial score (nSPS) is 11.2. The van der Waals surface area contributed by atoms with E-state index < -0.39 is 0 Å². The van der Waals surface area contributed by atoms with Crippen LogP contribution in [0.25, 0.3) is 0 Å². The molecule has 0 amide bonds. The number of benzene rings is 1. The lowest BCUT2D eigenvalue weighted by Crippen LogP contribution is -2.16. The van der Waals surface area contributed by atoms with Gasteiger partial charge in [-0.1, -0.05) is 6.92 Å². The molecular weight excluding hydrogens is 280 g/mol. The number of rotatable bonds is 8. The summed E-state index contributed by atoms with van der Waals surface area (Å²) in [7, 11) is 0. The third kappa shape index (κ3) is 4.93. The van der Waals surface area contributed by atoms with Gasteiger partial charge in [0.1, 0.15) is 0 Å². The van der Waals surface area contributed by atoms with E-state index in [9.17, 15) is 4.79 Å². The molecule has 0 saturated heterocycles. The van der Waals surface area contributed by atoms with E-state index in [2.05, 4.69) is 0 Å². The maximum atomic E-state index is 12.2. The molecule has 1 aromatic carbocycles. The van der Waals surface area contributed by atoms with Crippen molar-refractivity contribution in [1.82, 2.24) is 0 Å². The lowest BCUT2D eigenvalue weighted by atomic mass is 10.1. The zero-order chi connectivity index (χ0) is 16.9. The summed E-state index contributed by atoms with van der Waals surface area (Å²) in [5.74, 6) is 1.62. The van der Waals surface area contributed by atoms with Gasteiger partial charge in [-0.25, -0.2) is 0 Å². The van der Waals surface area contributed by atoms with Crippen LogP contribution in [0.5, 0.6) is 17.2 Å². The van der Waals surface area contributed by atoms with Gasteiger partial charge < -0.3 is 14.2 Å². The molecule has 0 aromatic heterocycles. The molecule has 0 heterocycles. The van der Waals surface area contributed by atoms with Gasteiger partial charge in [0.15, 0.2) is 17.3 Å². The molecule has 0 aliphatic rings. The third-order valence-corrected chi connectivity index (χ3v) is 2.77. The summed E-state index contributed by atoms with van der Waals surface area (Å²) < 4.78 is 17.6. The fourth-order valence-electron chi connectivity index (χ4n) is 2.00. The first-order valence-corrected chi connectivity index (χ1v) is 7.96. The van der Waals surface area contributed by atoms with Gasteiger partial charge in [-0.2, -0.15) is 0 Å². The molecule has 0 bridgehead atoms. The Morgan fingerprint density at radius 2 is 1.36 bits per heavy atom. The second kappa shape index (κ2) is 8.06. The quantitative estimate of drug-likeness (QED) is 0.656. The van der Waals surface area contributed by atoms with Crippen LogP contribution >= 0.6 is 0 Å². The Morgan fingerprint density at radius 1 is 0.864 bits per heavy atom. The van der Waals surface area contributed by atoms with Crippen molar-refractivity contribution in [1.29, 1.82) is 0 Å². The standard InChI is InChI=1S/C18H28O4/c1-8-15(19)14-9-10-16(20-11(2)3)18(22-13(6)7)17(14)21-12(4)5/h9-13H,8H2,1-7H3. The van der Waals surface area contributed by atoms with Crippen molar-refractivity contribution in [3.8, 4) is 17.2 Å². The molecule has 0 spiro atoms. The monoisotopic (exact) mass is 308 g/mol. The van der Waals surface area contributed by atoms with E-state index in [0.29, 0.717) is 29.2 Å². The highest BCUT2D eigenvalue weighted by Crippen LogP contribution is 2.42. The molecule has 4 heteroatoms. The molecule has 1 aromatic rings. The lowest BCUT2D eigenvalue weighted by molar-refractivity contribution is 0.0979. The highest BCUT2D eigenvalue weighted by atomic mass is 16.6. The Balaban J connectivity index is 3.46. The van der Waals surface area contributed by atoms with E-state index in [1.165, 1.54) is 0 Å². The van der Waals surface area contributed by atoms with Gasteiger partial charge in [0, 0.05) is 6.42 Å². The van der Waals surface area contributed by atoms with Crippen molar-refractivity contribution in [2.45, 2.75) is 73.2 Å². The average molecular weight is 308 g/mol. The molecule has 4 nitrogen and oxygen atoms in total. The molecule has 0 saturated carbocycles. The van der Waals surface area contributed by atoms with Crippen LogP contribution in [0.1, 0.15) is 65.2 Å². The smallest absolute Gasteiger partial charge is 0.204 e. The number of carbonyl (C=O) groups excluding carboxylic acids is 1. The van der Waals surface area contributed by atoms with Crippen LogP contribution < -0.4 is 14.2 Å². The molecule has 1 rings (SSSR count). The van der Waals surface area contributed by atoms with Crippen LogP contribution in [0, 0.1) is 0 Å². The highest BCUT2D eigenvalue weighted by Gasteiger charge is 2.23. The lowest BCUT2D eigenvalue weighted by Gasteiger charge is -2.23. The number of hydrogen-bond acceptors (Lipinski definition) is 4. The van der Waals surface area contributed by atoms with E-state index in [4.69, 9.17) is 14.2 Å². The maximum Gasteiger partial charge on any atom is 0.204 e. The van der Waals surface area contributed by atoms with Crippen molar-refractivity contribution >= 4 is 5.78 Å². The van der Waals surface area contributed by atoms with Crippen LogP contribution in [-0.2, 0) is 0 Å². The van der Waals surface area contributed by atoms with Crippen LogP contribution in [0.2, 0.25) is 0 Å². The third-order valence-electron chi connectivity index (χ3n) is 2.77. The van der Waals surface area contributed by atoms with Gasteiger partial charge in [0.05, 0.1) is 23.9 Å². The van der Waals surface area contributed by atoms with Crippen LogP contribution in [0.4, 0.5) is 0 Å². The van der Waals surface area contributed by atoms with Gasteiger partial charge >= 0.3 is 0 Å². The first kappa shape index (κ1) is 18.3. The predicted molar refractivity (Wildman–Crippen MR) is 88.4 cm³/mol. The molecule has 0 unspecified atom stereocenters. The SMILES string of the molecule is CCC(=O)c1ccc(OC(C)C)c(OC(C)C)c1OC(C)C. The number of ketones is 1. The molecule has 0 fully saturated rings. The molecule has 0 N–H and O–H groups in total. The van der Waals surface area contributed by atoms with Gasteiger partial charge in [-0.05, 0) is 53.7 Å². The van der Waals surface area contributed by atoms with Gasteiger partial charge in [-0.3, -0.25) is 4.79 Å². The molecule has 0 radical (unpaired) electrons. The predicted octanol–water partition coefficient (Wildman–Crippen LogP) is 4.64. The zero-order valence-electron chi connectivity index (χ0n) is 14.7. The summed E-state index contributed by atoms with van der Waals surface area (Å²) in [5, 5.41) is 0. The van der Waals surface area contributed by atoms with Crippen LogP contribution in [0.15, 0.2) is 12.1 Å². The summed E-state index contributed by atoms with van der Waals surface area (Å²) in [6, 6.07) is 3.54. The van der Waals surface area contributed by atoms with E-state index >= 15 is 0 Å². The van der Waals surface area contributed by atoms with E-state index in [1.54, 1.807) is 12.1 Å².